The van der Waals surface area contributed by atoms with E-state index in [0.717, 1.165) is 19.4 Å². The van der Waals surface area contributed by atoms with Gasteiger partial charge in [-0.1, -0.05) is 13.8 Å². The summed E-state index contributed by atoms with van der Waals surface area (Å²) in [6.45, 7) is 6.21. The average molecular weight is 248 g/mol. The first-order valence-corrected chi connectivity index (χ1v) is 7.95. The Morgan fingerprint density at radius 3 is 2.69 bits per heavy atom. The summed E-state index contributed by atoms with van der Waals surface area (Å²) in [5.74, 6) is 1.23. The third kappa shape index (κ3) is 4.03. The van der Waals surface area contributed by atoms with E-state index in [9.17, 15) is 8.42 Å². The molecule has 0 aliphatic carbocycles. The minimum absolute atomic E-state index is 0.241. The van der Waals surface area contributed by atoms with Crippen LogP contribution in [0.15, 0.2) is 0 Å². The van der Waals surface area contributed by atoms with Crippen molar-refractivity contribution in [3.8, 4) is 0 Å². The van der Waals surface area contributed by atoms with Gasteiger partial charge in [0.25, 0.3) is 0 Å². The van der Waals surface area contributed by atoms with Crippen LogP contribution in [0.3, 0.4) is 0 Å². The van der Waals surface area contributed by atoms with Crippen molar-refractivity contribution in [2.45, 2.75) is 32.7 Å². The fourth-order valence-electron chi connectivity index (χ4n) is 2.24. The predicted octanol–water partition coefficient (Wildman–Crippen LogP) is 0.480. The first-order valence-electron chi connectivity index (χ1n) is 6.13. The Kier molecular flexibility index (Phi) is 5.21. The minimum Gasteiger partial charge on any atom is -0.329 e. The minimum atomic E-state index is -2.85. The van der Waals surface area contributed by atoms with Gasteiger partial charge in [0.2, 0.25) is 0 Å². The summed E-state index contributed by atoms with van der Waals surface area (Å²) >= 11 is 0. The highest BCUT2D eigenvalue weighted by Gasteiger charge is 2.25. The molecule has 0 aromatic heterocycles. The monoisotopic (exact) mass is 248 g/mol. The lowest BCUT2D eigenvalue weighted by Crippen LogP contribution is -2.47. The maximum Gasteiger partial charge on any atom is 0.151 e. The van der Waals surface area contributed by atoms with Gasteiger partial charge in [-0.3, -0.25) is 4.90 Å². The van der Waals surface area contributed by atoms with Gasteiger partial charge < -0.3 is 5.73 Å². The summed E-state index contributed by atoms with van der Waals surface area (Å²) in [6.07, 6.45) is 2.26. The molecule has 0 bridgehead atoms. The molecule has 1 aliphatic rings. The van der Waals surface area contributed by atoms with Crippen molar-refractivity contribution in [3.63, 3.8) is 0 Å². The topological polar surface area (TPSA) is 63.4 Å². The Hall–Kier alpha value is -0.130. The van der Waals surface area contributed by atoms with Crippen molar-refractivity contribution in [2.75, 3.05) is 31.1 Å². The van der Waals surface area contributed by atoms with Gasteiger partial charge in [0, 0.05) is 24.9 Å². The number of hydrogen-bond acceptors (Lipinski definition) is 4. The Bertz CT molecular complexity index is 303. The molecule has 1 rings (SSSR count). The second kappa shape index (κ2) is 5.98. The van der Waals surface area contributed by atoms with E-state index < -0.39 is 9.84 Å². The summed E-state index contributed by atoms with van der Waals surface area (Å²) in [5, 5.41) is 0. The molecule has 1 aliphatic heterocycles. The molecule has 1 heterocycles. The number of nitrogens with zero attached hydrogens (tertiary/aromatic N) is 1. The molecule has 1 saturated heterocycles. The predicted molar refractivity (Wildman–Crippen MR) is 67.1 cm³/mol. The maximum atomic E-state index is 11.4. The molecule has 2 unspecified atom stereocenters. The molecule has 1 fully saturated rings. The van der Waals surface area contributed by atoms with Crippen LogP contribution in [0, 0.1) is 5.92 Å². The quantitative estimate of drug-likeness (QED) is 0.768. The SMILES string of the molecule is CCS(=O)(=O)CCN1CCC(C)CC1CN. The van der Waals surface area contributed by atoms with Crippen LogP contribution in [0.2, 0.25) is 0 Å². The fraction of sp³-hybridized carbons (Fsp3) is 1.00. The van der Waals surface area contributed by atoms with E-state index in [-0.39, 0.29) is 11.5 Å². The van der Waals surface area contributed by atoms with Crippen LogP contribution < -0.4 is 5.73 Å². The lowest BCUT2D eigenvalue weighted by atomic mass is 9.92. The standard InChI is InChI=1S/C11H24N2O2S/c1-3-16(14,15)7-6-13-5-4-10(2)8-11(13)9-12/h10-11H,3-9,12H2,1-2H3. The summed E-state index contributed by atoms with van der Waals surface area (Å²) in [7, 11) is -2.85. The molecule has 0 aromatic rings. The van der Waals surface area contributed by atoms with Crippen molar-refractivity contribution in [1.29, 1.82) is 0 Å². The number of piperidine rings is 1. The molecule has 0 saturated carbocycles. The lowest BCUT2D eigenvalue weighted by Gasteiger charge is -2.37. The first-order chi connectivity index (χ1) is 7.48. The maximum absolute atomic E-state index is 11.4. The highest BCUT2D eigenvalue weighted by Crippen LogP contribution is 2.21. The molecule has 0 radical (unpaired) electrons. The van der Waals surface area contributed by atoms with Crippen molar-refractivity contribution in [3.05, 3.63) is 0 Å². The highest BCUT2D eigenvalue weighted by molar-refractivity contribution is 7.91. The summed E-state index contributed by atoms with van der Waals surface area (Å²) in [6, 6.07) is 0.371. The van der Waals surface area contributed by atoms with Gasteiger partial charge in [-0.2, -0.15) is 0 Å². The van der Waals surface area contributed by atoms with Crippen molar-refractivity contribution in [1.82, 2.24) is 4.90 Å². The van der Waals surface area contributed by atoms with Crippen LogP contribution in [-0.4, -0.2) is 50.5 Å². The first kappa shape index (κ1) is 13.9. The Balaban J connectivity index is 2.47. The van der Waals surface area contributed by atoms with Crippen LogP contribution in [0.5, 0.6) is 0 Å². The van der Waals surface area contributed by atoms with E-state index in [1.165, 1.54) is 0 Å². The van der Waals surface area contributed by atoms with E-state index in [4.69, 9.17) is 5.73 Å². The van der Waals surface area contributed by atoms with Crippen LogP contribution in [0.4, 0.5) is 0 Å². The smallest absolute Gasteiger partial charge is 0.151 e. The number of sulfone groups is 1. The summed E-state index contributed by atoms with van der Waals surface area (Å²) in [4.78, 5) is 2.24. The molecule has 16 heavy (non-hydrogen) atoms. The van der Waals surface area contributed by atoms with Crippen molar-refractivity contribution < 1.29 is 8.42 Å². The second-order valence-corrected chi connectivity index (χ2v) is 7.26. The van der Waals surface area contributed by atoms with Crippen molar-refractivity contribution >= 4 is 9.84 Å². The molecule has 0 amide bonds. The molecule has 4 nitrogen and oxygen atoms in total. The van der Waals surface area contributed by atoms with Crippen LogP contribution >= 0.6 is 0 Å². The number of likely N-dealkylation sites (tertiary alicyclic amines) is 1. The van der Waals surface area contributed by atoms with Gasteiger partial charge in [0.15, 0.2) is 9.84 Å². The Labute approximate surface area is 99.1 Å². The lowest BCUT2D eigenvalue weighted by molar-refractivity contribution is 0.130. The largest absolute Gasteiger partial charge is 0.329 e. The molecule has 0 aromatic carbocycles. The Morgan fingerprint density at radius 2 is 2.12 bits per heavy atom. The van der Waals surface area contributed by atoms with E-state index in [1.54, 1.807) is 6.92 Å². The number of rotatable bonds is 5. The number of nitrogens with two attached hydrogens (primary N) is 1. The van der Waals surface area contributed by atoms with Crippen molar-refractivity contribution in [2.24, 2.45) is 11.7 Å². The zero-order chi connectivity index (χ0) is 12.2. The van der Waals surface area contributed by atoms with E-state index in [1.807, 2.05) is 0 Å². The van der Waals surface area contributed by atoms with Gasteiger partial charge in [0.05, 0.1) is 5.75 Å². The van der Waals surface area contributed by atoms with Gasteiger partial charge in [0.1, 0.15) is 0 Å². The van der Waals surface area contributed by atoms with Crippen LogP contribution in [0.1, 0.15) is 26.7 Å². The molecule has 2 N–H and O–H groups in total. The molecule has 0 spiro atoms. The normalized spacial score (nSPS) is 28.2. The van der Waals surface area contributed by atoms with E-state index in [2.05, 4.69) is 11.8 Å². The third-order valence-corrected chi connectivity index (χ3v) is 5.19. The zero-order valence-electron chi connectivity index (χ0n) is 10.4. The van der Waals surface area contributed by atoms with Gasteiger partial charge in [-0.15, -0.1) is 0 Å². The molecule has 96 valence electrons. The fourth-order valence-corrected chi connectivity index (χ4v) is 3.04. The molecule has 5 heteroatoms. The van der Waals surface area contributed by atoms with E-state index in [0.29, 0.717) is 25.0 Å². The summed E-state index contributed by atoms with van der Waals surface area (Å²) < 4.78 is 22.9. The summed E-state index contributed by atoms with van der Waals surface area (Å²) in [5.41, 5.74) is 5.74. The molecule has 2 atom stereocenters. The second-order valence-electron chi connectivity index (χ2n) is 4.79. The van der Waals surface area contributed by atoms with E-state index >= 15 is 0 Å². The molecular weight excluding hydrogens is 224 g/mol. The average Bonchev–Trinajstić information content (AvgIpc) is 2.27. The van der Waals surface area contributed by atoms with Gasteiger partial charge in [-0.05, 0) is 25.3 Å². The zero-order valence-corrected chi connectivity index (χ0v) is 11.2. The van der Waals surface area contributed by atoms with Crippen LogP contribution in [-0.2, 0) is 9.84 Å². The van der Waals surface area contributed by atoms with Gasteiger partial charge in [-0.25, -0.2) is 8.42 Å². The highest BCUT2D eigenvalue weighted by atomic mass is 32.2. The van der Waals surface area contributed by atoms with Gasteiger partial charge >= 0.3 is 0 Å². The van der Waals surface area contributed by atoms with Crippen LogP contribution in [0.25, 0.3) is 0 Å². The third-order valence-electron chi connectivity index (χ3n) is 3.50. The Morgan fingerprint density at radius 1 is 1.44 bits per heavy atom. The number of hydrogen-bond donors (Lipinski definition) is 1. The molecular formula is C11H24N2O2S.